The lowest BCUT2D eigenvalue weighted by molar-refractivity contribution is -0.140. The first-order valence-electron chi connectivity index (χ1n) is 5.76. The average Bonchev–Trinajstić information content (AvgIpc) is 2.28. The zero-order valence-corrected chi connectivity index (χ0v) is 12.1. The van der Waals surface area contributed by atoms with Crippen molar-refractivity contribution in [3.63, 3.8) is 0 Å². The van der Waals surface area contributed by atoms with Gasteiger partial charge in [-0.3, -0.25) is 10.1 Å². The molecule has 1 aromatic carbocycles. The second kappa shape index (κ2) is 6.41. The SMILES string of the molecule is CC(NC(C(=O)O)C(C)C)c1ccc(Cl)c(Cl)c1. The molecule has 0 fully saturated rings. The van der Waals surface area contributed by atoms with Gasteiger partial charge in [-0.2, -0.15) is 0 Å². The summed E-state index contributed by atoms with van der Waals surface area (Å²) in [7, 11) is 0. The molecule has 0 saturated heterocycles. The Morgan fingerprint density at radius 1 is 1.22 bits per heavy atom. The van der Waals surface area contributed by atoms with Crippen molar-refractivity contribution in [2.75, 3.05) is 0 Å². The third-order valence-corrected chi connectivity index (χ3v) is 3.54. The van der Waals surface area contributed by atoms with Crippen molar-refractivity contribution in [3.8, 4) is 0 Å². The molecule has 1 aromatic rings. The Morgan fingerprint density at radius 3 is 2.28 bits per heavy atom. The van der Waals surface area contributed by atoms with E-state index in [9.17, 15) is 4.79 Å². The molecule has 0 aromatic heterocycles. The Balaban J connectivity index is 2.83. The Bertz CT molecular complexity index is 435. The largest absolute Gasteiger partial charge is 0.480 e. The van der Waals surface area contributed by atoms with Gasteiger partial charge in [0.05, 0.1) is 10.0 Å². The minimum Gasteiger partial charge on any atom is -0.480 e. The second-order valence-corrected chi connectivity index (χ2v) is 5.44. The van der Waals surface area contributed by atoms with Crippen LogP contribution < -0.4 is 5.32 Å². The van der Waals surface area contributed by atoms with E-state index in [0.29, 0.717) is 10.0 Å². The third kappa shape index (κ3) is 3.87. The molecule has 2 N–H and O–H groups in total. The maximum absolute atomic E-state index is 11.1. The minimum absolute atomic E-state index is 0.00715. The molecule has 0 saturated carbocycles. The molecule has 0 heterocycles. The van der Waals surface area contributed by atoms with Gasteiger partial charge in [0.15, 0.2) is 0 Å². The summed E-state index contributed by atoms with van der Waals surface area (Å²) < 4.78 is 0. The lowest BCUT2D eigenvalue weighted by Gasteiger charge is -2.23. The first-order chi connectivity index (χ1) is 8.32. The first-order valence-corrected chi connectivity index (χ1v) is 6.52. The molecule has 1 rings (SSSR count). The topological polar surface area (TPSA) is 49.3 Å². The van der Waals surface area contributed by atoms with Gasteiger partial charge in [0.2, 0.25) is 0 Å². The van der Waals surface area contributed by atoms with Crippen molar-refractivity contribution >= 4 is 29.2 Å². The van der Waals surface area contributed by atoms with Gasteiger partial charge in [-0.15, -0.1) is 0 Å². The predicted octanol–water partition coefficient (Wildman–Crippen LogP) is 3.75. The molecular weight excluding hydrogens is 273 g/mol. The number of nitrogens with one attached hydrogen (secondary N) is 1. The van der Waals surface area contributed by atoms with E-state index in [1.165, 1.54) is 0 Å². The Labute approximate surface area is 117 Å². The zero-order valence-electron chi connectivity index (χ0n) is 10.6. The first kappa shape index (κ1) is 15.3. The molecule has 2 unspecified atom stereocenters. The standard InChI is InChI=1S/C13H17Cl2NO2/c1-7(2)12(13(17)18)16-8(3)9-4-5-10(14)11(15)6-9/h4-8,12,16H,1-3H3,(H,17,18). The number of hydrogen-bond donors (Lipinski definition) is 2. The average molecular weight is 290 g/mol. The molecule has 0 aliphatic rings. The molecule has 2 atom stereocenters. The van der Waals surface area contributed by atoms with Crippen LogP contribution in [0.3, 0.4) is 0 Å². The van der Waals surface area contributed by atoms with Crippen LogP contribution in [0.1, 0.15) is 32.4 Å². The summed E-state index contributed by atoms with van der Waals surface area (Å²) in [5.41, 5.74) is 0.913. The Hall–Kier alpha value is -0.770. The van der Waals surface area contributed by atoms with Crippen molar-refractivity contribution in [2.45, 2.75) is 32.9 Å². The van der Waals surface area contributed by atoms with Gasteiger partial charge < -0.3 is 5.11 Å². The summed E-state index contributed by atoms with van der Waals surface area (Å²) in [5, 5.41) is 13.2. The summed E-state index contributed by atoms with van der Waals surface area (Å²) in [6.45, 7) is 5.64. The molecular formula is C13H17Cl2NO2. The van der Waals surface area contributed by atoms with Crippen LogP contribution in [0.5, 0.6) is 0 Å². The molecule has 0 radical (unpaired) electrons. The van der Waals surface area contributed by atoms with Gasteiger partial charge in [0.25, 0.3) is 0 Å². The number of rotatable bonds is 5. The van der Waals surface area contributed by atoms with Crippen LogP contribution in [0.15, 0.2) is 18.2 Å². The van der Waals surface area contributed by atoms with E-state index >= 15 is 0 Å². The molecule has 0 aliphatic carbocycles. The maximum Gasteiger partial charge on any atom is 0.320 e. The second-order valence-electron chi connectivity index (χ2n) is 4.62. The van der Waals surface area contributed by atoms with Crippen LogP contribution in [0.4, 0.5) is 0 Å². The molecule has 3 nitrogen and oxygen atoms in total. The highest BCUT2D eigenvalue weighted by atomic mass is 35.5. The van der Waals surface area contributed by atoms with E-state index < -0.39 is 12.0 Å². The van der Waals surface area contributed by atoms with Gasteiger partial charge in [0, 0.05) is 6.04 Å². The van der Waals surface area contributed by atoms with Crippen LogP contribution in [0.2, 0.25) is 10.0 Å². The maximum atomic E-state index is 11.1. The van der Waals surface area contributed by atoms with Crippen LogP contribution in [-0.4, -0.2) is 17.1 Å². The van der Waals surface area contributed by atoms with Crippen LogP contribution in [0.25, 0.3) is 0 Å². The lowest BCUT2D eigenvalue weighted by Crippen LogP contribution is -2.42. The summed E-state index contributed by atoms with van der Waals surface area (Å²) in [6.07, 6.45) is 0. The van der Waals surface area contributed by atoms with Crippen LogP contribution in [-0.2, 0) is 4.79 Å². The number of hydrogen-bond acceptors (Lipinski definition) is 2. The quantitative estimate of drug-likeness (QED) is 0.868. The van der Waals surface area contributed by atoms with Gasteiger partial charge in [-0.25, -0.2) is 0 Å². The normalized spacial score (nSPS) is 14.6. The van der Waals surface area contributed by atoms with Gasteiger partial charge in [0.1, 0.15) is 6.04 Å². The Kier molecular flexibility index (Phi) is 5.45. The van der Waals surface area contributed by atoms with Crippen LogP contribution >= 0.6 is 23.2 Å². The monoisotopic (exact) mass is 289 g/mol. The van der Waals surface area contributed by atoms with Crippen LogP contribution in [0, 0.1) is 5.92 Å². The number of aliphatic carboxylic acids is 1. The summed E-state index contributed by atoms with van der Waals surface area (Å²) in [4.78, 5) is 11.1. The molecule has 5 heteroatoms. The highest BCUT2D eigenvalue weighted by Gasteiger charge is 2.23. The minimum atomic E-state index is -0.850. The fourth-order valence-electron chi connectivity index (χ4n) is 1.70. The third-order valence-electron chi connectivity index (χ3n) is 2.81. The number of carboxylic acids is 1. The van der Waals surface area contributed by atoms with E-state index in [1.54, 1.807) is 12.1 Å². The fraction of sp³-hybridized carbons (Fsp3) is 0.462. The van der Waals surface area contributed by atoms with Gasteiger partial charge >= 0.3 is 5.97 Å². The smallest absolute Gasteiger partial charge is 0.320 e. The van der Waals surface area contributed by atoms with Crippen molar-refractivity contribution in [1.82, 2.24) is 5.32 Å². The van der Waals surface area contributed by atoms with Crippen molar-refractivity contribution in [3.05, 3.63) is 33.8 Å². The van der Waals surface area contributed by atoms with Gasteiger partial charge in [-0.05, 0) is 30.5 Å². The van der Waals surface area contributed by atoms with Crippen molar-refractivity contribution in [2.24, 2.45) is 5.92 Å². The predicted molar refractivity (Wildman–Crippen MR) is 74.3 cm³/mol. The number of halogens is 2. The lowest BCUT2D eigenvalue weighted by atomic mass is 10.0. The van der Waals surface area contributed by atoms with E-state index in [2.05, 4.69) is 5.32 Å². The fourth-order valence-corrected chi connectivity index (χ4v) is 2.00. The number of carbonyl (C=O) groups is 1. The van der Waals surface area contributed by atoms with Crippen molar-refractivity contribution < 1.29 is 9.90 Å². The molecule has 0 aliphatic heterocycles. The molecule has 0 bridgehead atoms. The molecule has 0 spiro atoms. The Morgan fingerprint density at radius 2 is 1.83 bits per heavy atom. The van der Waals surface area contributed by atoms with Gasteiger partial charge in [-0.1, -0.05) is 43.1 Å². The number of carboxylic acid groups (broad SMARTS) is 1. The highest BCUT2D eigenvalue weighted by Crippen LogP contribution is 2.26. The number of benzene rings is 1. The highest BCUT2D eigenvalue weighted by molar-refractivity contribution is 6.42. The zero-order chi connectivity index (χ0) is 13.9. The summed E-state index contributed by atoms with van der Waals surface area (Å²) in [6, 6.07) is 4.60. The van der Waals surface area contributed by atoms with E-state index in [1.807, 2.05) is 26.8 Å². The molecule has 100 valence electrons. The van der Waals surface area contributed by atoms with E-state index in [4.69, 9.17) is 28.3 Å². The molecule has 0 amide bonds. The van der Waals surface area contributed by atoms with E-state index in [0.717, 1.165) is 5.56 Å². The molecule has 18 heavy (non-hydrogen) atoms. The van der Waals surface area contributed by atoms with E-state index in [-0.39, 0.29) is 12.0 Å². The van der Waals surface area contributed by atoms with Crippen molar-refractivity contribution in [1.29, 1.82) is 0 Å². The summed E-state index contributed by atoms with van der Waals surface area (Å²) >= 11 is 11.8. The summed E-state index contributed by atoms with van der Waals surface area (Å²) in [5.74, 6) is -0.843.